The second kappa shape index (κ2) is 2.83. The smallest absolute Gasteiger partial charge is 0.326 e. The van der Waals surface area contributed by atoms with Gasteiger partial charge in [-0.25, -0.2) is 4.79 Å². The van der Waals surface area contributed by atoms with E-state index in [-0.39, 0.29) is 5.56 Å². The van der Waals surface area contributed by atoms with Crippen molar-refractivity contribution in [3.63, 3.8) is 0 Å². The van der Waals surface area contributed by atoms with Gasteiger partial charge in [0, 0.05) is 12.7 Å². The van der Waals surface area contributed by atoms with Crippen LogP contribution in [-0.4, -0.2) is 21.1 Å². The molecule has 0 aromatic carbocycles. The fourth-order valence-corrected chi connectivity index (χ4v) is 1.91. The van der Waals surface area contributed by atoms with Crippen LogP contribution in [0.4, 0.5) is 0 Å². The molecule has 3 rings (SSSR count). The van der Waals surface area contributed by atoms with Crippen LogP contribution in [-0.2, 0) is 17.9 Å². The maximum absolute atomic E-state index is 11.5. The van der Waals surface area contributed by atoms with E-state index in [1.165, 1.54) is 0 Å². The molecule has 6 nitrogen and oxygen atoms in total. The molecule has 15 heavy (non-hydrogen) atoms. The molecule has 78 valence electrons. The van der Waals surface area contributed by atoms with Gasteiger partial charge in [-0.1, -0.05) is 0 Å². The highest BCUT2D eigenvalue weighted by Gasteiger charge is 2.16. The van der Waals surface area contributed by atoms with Crippen LogP contribution in [0.1, 0.15) is 5.69 Å². The van der Waals surface area contributed by atoms with Crippen molar-refractivity contribution in [1.29, 1.82) is 0 Å². The van der Waals surface area contributed by atoms with Crippen LogP contribution in [0.2, 0.25) is 0 Å². The van der Waals surface area contributed by atoms with Crippen molar-refractivity contribution in [2.75, 3.05) is 6.61 Å². The van der Waals surface area contributed by atoms with Crippen molar-refractivity contribution < 1.29 is 4.74 Å². The topological polar surface area (TPSA) is 79.9 Å². The zero-order chi connectivity index (χ0) is 10.4. The van der Waals surface area contributed by atoms with Crippen LogP contribution in [0, 0.1) is 0 Å². The molecule has 0 aliphatic carbocycles. The highest BCUT2D eigenvalue weighted by molar-refractivity contribution is 5.80. The molecule has 1 aliphatic heterocycles. The molecule has 2 N–H and O–H groups in total. The summed E-state index contributed by atoms with van der Waals surface area (Å²) in [5, 5.41) is 0.509. The Morgan fingerprint density at radius 3 is 3.07 bits per heavy atom. The monoisotopic (exact) mass is 207 g/mol. The maximum Gasteiger partial charge on any atom is 0.326 e. The molecular formula is C9H9N3O3. The van der Waals surface area contributed by atoms with Crippen LogP contribution in [0.15, 0.2) is 15.8 Å². The summed E-state index contributed by atoms with van der Waals surface area (Å²) in [4.78, 5) is 27.4. The second-order valence-corrected chi connectivity index (χ2v) is 3.52. The Balaban J connectivity index is 2.47. The van der Waals surface area contributed by atoms with Gasteiger partial charge < -0.3 is 14.3 Å². The first kappa shape index (κ1) is 8.49. The van der Waals surface area contributed by atoms with E-state index in [9.17, 15) is 9.59 Å². The lowest BCUT2D eigenvalue weighted by atomic mass is 10.3. The van der Waals surface area contributed by atoms with E-state index < -0.39 is 5.69 Å². The average molecular weight is 207 g/mol. The normalized spacial score (nSPS) is 15.5. The number of aromatic nitrogens is 3. The third-order valence-corrected chi connectivity index (χ3v) is 2.62. The molecule has 0 saturated carbocycles. The first-order valence-electron chi connectivity index (χ1n) is 4.68. The molecule has 2 aromatic rings. The number of hydrogen-bond acceptors (Lipinski definition) is 3. The molecule has 0 atom stereocenters. The van der Waals surface area contributed by atoms with Crippen molar-refractivity contribution in [3.05, 3.63) is 32.7 Å². The fraction of sp³-hybridized carbons (Fsp3) is 0.333. The second-order valence-electron chi connectivity index (χ2n) is 3.52. The predicted octanol–water partition coefficient (Wildman–Crippen LogP) is -0.452. The Labute approximate surface area is 83.5 Å². The Bertz CT molecular complexity index is 634. The molecular weight excluding hydrogens is 198 g/mol. The molecule has 1 aliphatic rings. The number of rotatable bonds is 0. The van der Waals surface area contributed by atoms with Gasteiger partial charge in [-0.2, -0.15) is 0 Å². The summed E-state index contributed by atoms with van der Waals surface area (Å²) in [6, 6.07) is 0. The van der Waals surface area contributed by atoms with Crippen molar-refractivity contribution in [1.82, 2.24) is 14.5 Å². The van der Waals surface area contributed by atoms with Crippen LogP contribution in [0.25, 0.3) is 10.9 Å². The average Bonchev–Trinajstić information content (AvgIpc) is 2.57. The summed E-state index contributed by atoms with van der Waals surface area (Å²) in [5.41, 5.74) is 0.616. The molecule has 3 heterocycles. The number of nitrogens with one attached hydrogen (secondary N) is 2. The van der Waals surface area contributed by atoms with Gasteiger partial charge in [0.15, 0.2) is 0 Å². The van der Waals surface area contributed by atoms with Crippen LogP contribution in [0.3, 0.4) is 0 Å². The highest BCUT2D eigenvalue weighted by Crippen LogP contribution is 2.18. The SMILES string of the molecule is O=c1[nH]c(=O)c2cn3c(c2[nH]1)COCC3. The zero-order valence-electron chi connectivity index (χ0n) is 7.87. The fourth-order valence-electron chi connectivity index (χ4n) is 1.91. The molecule has 0 fully saturated rings. The summed E-state index contributed by atoms with van der Waals surface area (Å²) in [6.45, 7) is 1.78. The van der Waals surface area contributed by atoms with Gasteiger partial charge in [-0.3, -0.25) is 9.78 Å². The van der Waals surface area contributed by atoms with Gasteiger partial charge in [-0.05, 0) is 0 Å². The molecule has 0 saturated heterocycles. The Morgan fingerprint density at radius 1 is 1.33 bits per heavy atom. The predicted molar refractivity (Wildman–Crippen MR) is 52.8 cm³/mol. The zero-order valence-corrected chi connectivity index (χ0v) is 7.87. The van der Waals surface area contributed by atoms with Gasteiger partial charge in [-0.15, -0.1) is 0 Å². The number of nitrogens with zero attached hydrogens (tertiary/aromatic N) is 1. The molecule has 0 radical (unpaired) electrons. The van der Waals surface area contributed by atoms with Gasteiger partial charge >= 0.3 is 5.69 Å². The minimum atomic E-state index is -0.480. The minimum absolute atomic E-state index is 0.351. The lowest BCUT2D eigenvalue weighted by Gasteiger charge is -2.15. The Hall–Kier alpha value is -1.82. The van der Waals surface area contributed by atoms with E-state index in [1.807, 2.05) is 4.57 Å². The van der Waals surface area contributed by atoms with E-state index in [2.05, 4.69) is 9.97 Å². The molecule has 2 aromatic heterocycles. The van der Waals surface area contributed by atoms with Crippen molar-refractivity contribution in [2.24, 2.45) is 0 Å². The highest BCUT2D eigenvalue weighted by atomic mass is 16.5. The molecule has 6 heteroatoms. The lowest BCUT2D eigenvalue weighted by molar-refractivity contribution is 0.0859. The lowest BCUT2D eigenvalue weighted by Crippen LogP contribution is -2.21. The van der Waals surface area contributed by atoms with E-state index in [0.717, 1.165) is 5.69 Å². The van der Waals surface area contributed by atoms with Crippen molar-refractivity contribution in [2.45, 2.75) is 13.2 Å². The quantitative estimate of drug-likeness (QED) is 0.614. The van der Waals surface area contributed by atoms with E-state index in [0.29, 0.717) is 30.7 Å². The number of ether oxygens (including phenoxy) is 1. The van der Waals surface area contributed by atoms with Crippen molar-refractivity contribution in [3.8, 4) is 0 Å². The van der Waals surface area contributed by atoms with Gasteiger partial charge in [0.1, 0.15) is 0 Å². The van der Waals surface area contributed by atoms with Gasteiger partial charge in [0.2, 0.25) is 0 Å². The Kier molecular flexibility index (Phi) is 1.60. The third-order valence-electron chi connectivity index (χ3n) is 2.62. The third kappa shape index (κ3) is 1.15. The summed E-state index contributed by atoms with van der Waals surface area (Å²) < 4.78 is 7.23. The van der Waals surface area contributed by atoms with Gasteiger partial charge in [0.05, 0.1) is 29.8 Å². The molecule has 0 bridgehead atoms. The molecule has 0 amide bonds. The molecule has 0 unspecified atom stereocenters. The first-order valence-corrected chi connectivity index (χ1v) is 4.68. The van der Waals surface area contributed by atoms with Crippen LogP contribution in [0.5, 0.6) is 0 Å². The summed E-state index contributed by atoms with van der Waals surface area (Å²) in [5.74, 6) is 0. The van der Waals surface area contributed by atoms with E-state index in [4.69, 9.17) is 4.74 Å². The van der Waals surface area contributed by atoms with Crippen molar-refractivity contribution >= 4 is 10.9 Å². The van der Waals surface area contributed by atoms with E-state index >= 15 is 0 Å². The maximum atomic E-state index is 11.5. The number of fused-ring (bicyclic) bond motifs is 3. The number of aromatic amines is 2. The standard InChI is InChI=1S/C9H9N3O3/c13-8-5-3-12-1-2-15-4-6(12)7(5)10-9(14)11-8/h3H,1-2,4H2,(H2,10,11,13,14). The Morgan fingerprint density at radius 2 is 2.20 bits per heavy atom. The largest absolute Gasteiger partial charge is 0.373 e. The summed E-state index contributed by atoms with van der Waals surface area (Å²) in [7, 11) is 0. The minimum Gasteiger partial charge on any atom is -0.373 e. The summed E-state index contributed by atoms with van der Waals surface area (Å²) >= 11 is 0. The van der Waals surface area contributed by atoms with E-state index in [1.54, 1.807) is 6.20 Å². The summed E-state index contributed by atoms with van der Waals surface area (Å²) in [6.07, 6.45) is 1.75. The van der Waals surface area contributed by atoms with Gasteiger partial charge in [0.25, 0.3) is 5.56 Å². The van der Waals surface area contributed by atoms with Crippen LogP contribution >= 0.6 is 0 Å². The molecule has 0 spiro atoms. The number of hydrogen-bond donors (Lipinski definition) is 2. The first-order chi connectivity index (χ1) is 7.25. The number of H-pyrrole nitrogens is 2. The van der Waals surface area contributed by atoms with Crippen LogP contribution < -0.4 is 11.2 Å².